The molecule has 3 N–H and O–H groups in total. The molecule has 5 nitrogen and oxygen atoms in total. The molecule has 0 aliphatic rings. The van der Waals surface area contributed by atoms with E-state index in [0.717, 1.165) is 15.6 Å². The first-order valence-corrected chi connectivity index (χ1v) is 6.97. The Morgan fingerprint density at radius 3 is 3.11 bits per heavy atom. The van der Waals surface area contributed by atoms with Crippen molar-refractivity contribution >= 4 is 40.6 Å². The van der Waals surface area contributed by atoms with E-state index in [1.165, 1.54) is 29.6 Å². The van der Waals surface area contributed by atoms with Gasteiger partial charge in [-0.2, -0.15) is 4.37 Å². The molecule has 0 aliphatic heterocycles. The third-order valence-corrected chi connectivity index (χ3v) is 4.11. The predicted octanol–water partition coefficient (Wildman–Crippen LogP) is 2.16. The maximum atomic E-state index is 11.8. The van der Waals surface area contributed by atoms with E-state index in [2.05, 4.69) is 14.7 Å². The molecule has 1 heterocycles. The largest absolute Gasteiger partial charge is 0.398 e. The van der Waals surface area contributed by atoms with Crippen LogP contribution < -0.4 is 11.1 Å². The van der Waals surface area contributed by atoms with Gasteiger partial charge in [-0.25, -0.2) is 4.98 Å². The van der Waals surface area contributed by atoms with Gasteiger partial charge in [0.2, 0.25) is 5.91 Å². The van der Waals surface area contributed by atoms with Gasteiger partial charge in [0.25, 0.3) is 0 Å². The van der Waals surface area contributed by atoms with E-state index in [0.29, 0.717) is 11.4 Å². The van der Waals surface area contributed by atoms with Crippen molar-refractivity contribution in [2.45, 2.75) is 11.3 Å². The maximum Gasteiger partial charge on any atom is 0.234 e. The lowest BCUT2D eigenvalue weighted by Gasteiger charge is -2.09. The van der Waals surface area contributed by atoms with Gasteiger partial charge in [0.05, 0.1) is 5.75 Å². The number of nitrogens with zero attached hydrogens (tertiary/aromatic N) is 2. The molecule has 2 aromatic rings. The maximum absolute atomic E-state index is 11.8. The molecule has 2 rings (SSSR count). The number of rotatable bonds is 4. The highest BCUT2D eigenvalue weighted by atomic mass is 32.2. The molecule has 0 radical (unpaired) electrons. The van der Waals surface area contributed by atoms with E-state index < -0.39 is 0 Å². The van der Waals surface area contributed by atoms with Gasteiger partial charge in [0.15, 0.2) is 4.34 Å². The Kier molecular flexibility index (Phi) is 4.16. The first-order chi connectivity index (χ1) is 8.66. The molecule has 7 heteroatoms. The second-order valence-electron chi connectivity index (χ2n) is 3.56. The number of aromatic nitrogens is 2. The minimum Gasteiger partial charge on any atom is -0.398 e. The molecule has 18 heavy (non-hydrogen) atoms. The van der Waals surface area contributed by atoms with Crippen LogP contribution in [0.1, 0.15) is 5.56 Å². The molecule has 1 aromatic carbocycles. The van der Waals surface area contributed by atoms with Crippen molar-refractivity contribution in [3.63, 3.8) is 0 Å². The van der Waals surface area contributed by atoms with E-state index >= 15 is 0 Å². The van der Waals surface area contributed by atoms with Crippen LogP contribution in [-0.4, -0.2) is 21.0 Å². The van der Waals surface area contributed by atoms with Gasteiger partial charge >= 0.3 is 0 Å². The van der Waals surface area contributed by atoms with Crippen LogP contribution in [-0.2, 0) is 4.79 Å². The number of nitrogen functional groups attached to an aromatic ring is 1. The SMILES string of the molecule is Cc1c(N)cccc1NC(=O)CSc1ncns1. The summed E-state index contributed by atoms with van der Waals surface area (Å²) in [7, 11) is 0. The van der Waals surface area contributed by atoms with Crippen LogP contribution in [0, 0.1) is 6.92 Å². The van der Waals surface area contributed by atoms with Crippen molar-refractivity contribution in [2.24, 2.45) is 0 Å². The normalized spacial score (nSPS) is 10.3. The van der Waals surface area contributed by atoms with Crippen LogP contribution in [0.5, 0.6) is 0 Å². The van der Waals surface area contributed by atoms with E-state index in [-0.39, 0.29) is 5.91 Å². The van der Waals surface area contributed by atoms with Crippen molar-refractivity contribution in [3.05, 3.63) is 30.1 Å². The first-order valence-electron chi connectivity index (χ1n) is 5.21. The molecule has 0 spiro atoms. The topological polar surface area (TPSA) is 80.9 Å². The van der Waals surface area contributed by atoms with Crippen molar-refractivity contribution in [1.82, 2.24) is 9.36 Å². The second kappa shape index (κ2) is 5.83. The Morgan fingerprint density at radius 2 is 2.39 bits per heavy atom. The molecule has 1 amide bonds. The average Bonchev–Trinajstić information content (AvgIpc) is 2.86. The lowest BCUT2D eigenvalue weighted by Crippen LogP contribution is -2.15. The standard InChI is InChI=1S/C11H12N4OS2/c1-7-8(12)3-2-4-9(7)15-10(16)5-17-11-13-6-14-18-11/h2-4,6H,5,12H2,1H3,(H,15,16). The summed E-state index contributed by atoms with van der Waals surface area (Å²) in [4.78, 5) is 15.8. The molecule has 0 bridgehead atoms. The quantitative estimate of drug-likeness (QED) is 0.662. The van der Waals surface area contributed by atoms with Crippen LogP contribution in [0.4, 0.5) is 11.4 Å². The highest BCUT2D eigenvalue weighted by molar-refractivity contribution is 8.01. The van der Waals surface area contributed by atoms with Crippen molar-refractivity contribution in [1.29, 1.82) is 0 Å². The zero-order valence-corrected chi connectivity index (χ0v) is 11.3. The molecule has 0 saturated carbocycles. The van der Waals surface area contributed by atoms with E-state index in [1.54, 1.807) is 6.07 Å². The summed E-state index contributed by atoms with van der Waals surface area (Å²) in [5.74, 6) is 0.229. The molecule has 0 aliphatic carbocycles. The van der Waals surface area contributed by atoms with Crippen molar-refractivity contribution < 1.29 is 4.79 Å². The predicted molar refractivity (Wildman–Crippen MR) is 74.9 cm³/mol. The molecule has 1 aromatic heterocycles. The molecule has 0 fully saturated rings. The van der Waals surface area contributed by atoms with Gasteiger partial charge in [-0.3, -0.25) is 4.79 Å². The summed E-state index contributed by atoms with van der Waals surface area (Å²) in [6.45, 7) is 1.88. The minimum absolute atomic E-state index is 0.0797. The molecule has 0 saturated heterocycles. The fourth-order valence-electron chi connectivity index (χ4n) is 1.33. The van der Waals surface area contributed by atoms with Crippen LogP contribution in [0.2, 0.25) is 0 Å². The molecule has 94 valence electrons. The number of carbonyl (C=O) groups excluding carboxylic acids is 1. The Bertz CT molecular complexity index is 542. The molecular formula is C11H12N4OS2. The fourth-order valence-corrected chi connectivity index (χ4v) is 2.57. The lowest BCUT2D eigenvalue weighted by molar-refractivity contribution is -0.113. The monoisotopic (exact) mass is 280 g/mol. The highest BCUT2D eigenvalue weighted by Gasteiger charge is 2.08. The third kappa shape index (κ3) is 3.21. The lowest BCUT2D eigenvalue weighted by atomic mass is 10.1. The molecular weight excluding hydrogens is 268 g/mol. The Hall–Kier alpha value is -1.60. The minimum atomic E-state index is -0.0797. The molecule has 0 atom stereocenters. The summed E-state index contributed by atoms with van der Waals surface area (Å²) in [5, 5.41) is 2.83. The van der Waals surface area contributed by atoms with Crippen LogP contribution in [0.3, 0.4) is 0 Å². The summed E-state index contributed by atoms with van der Waals surface area (Å²) >= 11 is 2.64. The number of hydrogen-bond donors (Lipinski definition) is 2. The first kappa shape index (κ1) is 12.8. The number of hydrogen-bond acceptors (Lipinski definition) is 6. The number of anilines is 2. The van der Waals surface area contributed by atoms with Gasteiger partial charge in [-0.05, 0) is 36.2 Å². The van der Waals surface area contributed by atoms with E-state index in [4.69, 9.17) is 5.73 Å². The van der Waals surface area contributed by atoms with Gasteiger partial charge < -0.3 is 11.1 Å². The summed E-state index contributed by atoms with van der Waals surface area (Å²) in [6, 6.07) is 5.45. The summed E-state index contributed by atoms with van der Waals surface area (Å²) in [6.07, 6.45) is 1.48. The highest BCUT2D eigenvalue weighted by Crippen LogP contribution is 2.22. The zero-order valence-electron chi connectivity index (χ0n) is 9.71. The van der Waals surface area contributed by atoms with Crippen molar-refractivity contribution in [3.8, 4) is 0 Å². The Morgan fingerprint density at radius 1 is 1.56 bits per heavy atom. The number of nitrogens with two attached hydrogens (primary N) is 1. The Labute approximate surface area is 113 Å². The van der Waals surface area contributed by atoms with Gasteiger partial charge in [0.1, 0.15) is 6.33 Å². The van der Waals surface area contributed by atoms with Gasteiger partial charge in [0, 0.05) is 11.4 Å². The smallest absolute Gasteiger partial charge is 0.234 e. The third-order valence-electron chi connectivity index (χ3n) is 2.32. The van der Waals surface area contributed by atoms with Crippen LogP contribution >= 0.6 is 23.3 Å². The van der Waals surface area contributed by atoms with Crippen LogP contribution in [0.25, 0.3) is 0 Å². The zero-order chi connectivity index (χ0) is 13.0. The van der Waals surface area contributed by atoms with E-state index in [1.807, 2.05) is 19.1 Å². The average molecular weight is 280 g/mol. The number of nitrogens with one attached hydrogen (secondary N) is 1. The van der Waals surface area contributed by atoms with Gasteiger partial charge in [-0.1, -0.05) is 17.8 Å². The second-order valence-corrected chi connectivity index (χ2v) is 5.57. The Balaban J connectivity index is 1.93. The van der Waals surface area contributed by atoms with Crippen molar-refractivity contribution in [2.75, 3.05) is 16.8 Å². The number of thioether (sulfide) groups is 1. The summed E-state index contributed by atoms with van der Waals surface area (Å²) < 4.78 is 4.66. The number of benzene rings is 1. The van der Waals surface area contributed by atoms with Gasteiger partial charge in [-0.15, -0.1) is 0 Å². The molecule has 0 unspecified atom stereocenters. The van der Waals surface area contributed by atoms with E-state index in [9.17, 15) is 4.79 Å². The summed E-state index contributed by atoms with van der Waals surface area (Å²) in [5.41, 5.74) is 8.07. The number of amides is 1. The fraction of sp³-hybridized carbons (Fsp3) is 0.182. The number of carbonyl (C=O) groups is 1. The van der Waals surface area contributed by atoms with Crippen LogP contribution in [0.15, 0.2) is 28.9 Å².